The molecule has 0 amide bonds. The smallest absolute Gasteiger partial charge is 0.122 e. The van der Waals surface area contributed by atoms with Gasteiger partial charge in [-0.1, -0.05) is 69.5 Å². The Bertz CT molecular complexity index is 1050. The fourth-order valence-corrected chi connectivity index (χ4v) is 5.04. The molecule has 0 aliphatic rings. The number of phenolic OH excluding ortho intramolecular Hbond substituents is 3. The maximum atomic E-state index is 11.3. The van der Waals surface area contributed by atoms with Crippen LogP contribution >= 0.6 is 0 Å². The van der Waals surface area contributed by atoms with Gasteiger partial charge < -0.3 is 15.3 Å². The average molecular weight is 475 g/mol. The molecule has 0 aromatic heterocycles. The van der Waals surface area contributed by atoms with Crippen molar-refractivity contribution in [2.45, 2.75) is 86.5 Å². The molecular weight excluding hydrogens is 432 g/mol. The number of hydrogen-bond acceptors (Lipinski definition) is 3. The van der Waals surface area contributed by atoms with E-state index in [1.807, 2.05) is 52.0 Å². The Hall–Kier alpha value is -2.94. The lowest BCUT2D eigenvalue weighted by atomic mass is 9.91. The van der Waals surface area contributed by atoms with Crippen LogP contribution in [0.4, 0.5) is 0 Å². The summed E-state index contributed by atoms with van der Waals surface area (Å²) in [6.45, 7) is 12.2. The third kappa shape index (κ3) is 7.04. The van der Waals surface area contributed by atoms with Crippen LogP contribution in [0.25, 0.3) is 0 Å². The van der Waals surface area contributed by atoms with E-state index >= 15 is 0 Å². The molecule has 3 rings (SSSR count). The summed E-state index contributed by atoms with van der Waals surface area (Å²) in [5, 5.41) is 31.6. The van der Waals surface area contributed by atoms with Gasteiger partial charge in [-0.3, -0.25) is 0 Å². The minimum atomic E-state index is 0.340. The lowest BCUT2D eigenvalue weighted by molar-refractivity contribution is 0.462. The topological polar surface area (TPSA) is 60.7 Å². The maximum absolute atomic E-state index is 11.3. The van der Waals surface area contributed by atoms with Gasteiger partial charge in [0, 0.05) is 12.8 Å². The highest BCUT2D eigenvalue weighted by Gasteiger charge is 2.14. The molecule has 0 saturated heterocycles. The van der Waals surface area contributed by atoms with Crippen LogP contribution in [0.1, 0.15) is 89.6 Å². The molecule has 0 radical (unpaired) electrons. The fourth-order valence-electron chi connectivity index (χ4n) is 5.04. The van der Waals surface area contributed by atoms with Crippen LogP contribution in [0.5, 0.6) is 17.2 Å². The molecule has 3 heteroatoms. The largest absolute Gasteiger partial charge is 0.507 e. The molecular formula is C32H42O3. The number of phenols is 3. The zero-order valence-electron chi connectivity index (χ0n) is 22.3. The van der Waals surface area contributed by atoms with Gasteiger partial charge in [0.1, 0.15) is 17.2 Å². The second-order valence-corrected chi connectivity index (χ2v) is 10.8. The summed E-state index contributed by atoms with van der Waals surface area (Å²) < 4.78 is 0. The highest BCUT2D eigenvalue weighted by Crippen LogP contribution is 2.33. The summed E-state index contributed by atoms with van der Waals surface area (Å²) in [7, 11) is 0. The predicted molar refractivity (Wildman–Crippen MR) is 146 cm³/mol. The number of aromatic hydroxyl groups is 3. The summed E-state index contributed by atoms with van der Waals surface area (Å²) in [6.07, 6.45) is 7.13. The summed E-state index contributed by atoms with van der Waals surface area (Å²) in [6, 6.07) is 12.3. The zero-order valence-corrected chi connectivity index (χ0v) is 22.3. The van der Waals surface area contributed by atoms with Crippen LogP contribution in [-0.4, -0.2) is 15.3 Å². The van der Waals surface area contributed by atoms with Crippen LogP contribution in [0.2, 0.25) is 0 Å². The second-order valence-electron chi connectivity index (χ2n) is 10.8. The molecule has 0 bridgehead atoms. The number of benzene rings is 3. The van der Waals surface area contributed by atoms with E-state index < -0.39 is 0 Å². The van der Waals surface area contributed by atoms with E-state index in [1.165, 1.54) is 24.8 Å². The highest BCUT2D eigenvalue weighted by atomic mass is 16.3. The first kappa shape index (κ1) is 26.7. The minimum Gasteiger partial charge on any atom is -0.507 e. The van der Waals surface area contributed by atoms with Crippen molar-refractivity contribution >= 4 is 0 Å². The summed E-state index contributed by atoms with van der Waals surface area (Å²) in [5.41, 5.74) is 8.72. The van der Waals surface area contributed by atoms with Gasteiger partial charge in [0.25, 0.3) is 0 Å². The fraction of sp³-hybridized carbons (Fsp3) is 0.438. The Morgan fingerprint density at radius 2 is 0.971 bits per heavy atom. The van der Waals surface area contributed by atoms with E-state index in [1.54, 1.807) is 0 Å². The molecule has 0 atom stereocenters. The molecule has 0 saturated carbocycles. The molecule has 0 spiro atoms. The maximum Gasteiger partial charge on any atom is 0.122 e. The summed E-state index contributed by atoms with van der Waals surface area (Å²) >= 11 is 0. The third-order valence-electron chi connectivity index (χ3n) is 6.97. The highest BCUT2D eigenvalue weighted by molar-refractivity contribution is 5.51. The van der Waals surface area contributed by atoms with Gasteiger partial charge in [0.15, 0.2) is 0 Å². The van der Waals surface area contributed by atoms with Crippen LogP contribution in [0.15, 0.2) is 36.4 Å². The molecule has 35 heavy (non-hydrogen) atoms. The SMILES string of the molecule is Cc1cc(Cc2cc(CCCCCC(C)C)cc(Cc3cc(C)c(O)c(C)c3)c2O)cc(C)c1O. The van der Waals surface area contributed by atoms with E-state index in [0.717, 1.165) is 63.3 Å². The Morgan fingerprint density at radius 1 is 0.543 bits per heavy atom. The molecule has 3 aromatic rings. The average Bonchev–Trinajstić information content (AvgIpc) is 2.78. The minimum absolute atomic E-state index is 0.340. The van der Waals surface area contributed by atoms with Crippen molar-refractivity contribution in [2.75, 3.05) is 0 Å². The van der Waals surface area contributed by atoms with E-state index in [9.17, 15) is 15.3 Å². The lowest BCUT2D eigenvalue weighted by Crippen LogP contribution is -2.00. The Labute approximate surface area is 211 Å². The van der Waals surface area contributed by atoms with Crippen molar-refractivity contribution in [2.24, 2.45) is 5.92 Å². The first-order valence-corrected chi connectivity index (χ1v) is 13.0. The van der Waals surface area contributed by atoms with Crippen molar-refractivity contribution in [3.8, 4) is 17.2 Å². The van der Waals surface area contributed by atoms with E-state index in [0.29, 0.717) is 30.1 Å². The molecule has 0 heterocycles. The molecule has 0 fully saturated rings. The van der Waals surface area contributed by atoms with Gasteiger partial charge in [-0.15, -0.1) is 0 Å². The van der Waals surface area contributed by atoms with Gasteiger partial charge in [0.2, 0.25) is 0 Å². The number of aryl methyl sites for hydroxylation is 5. The normalized spacial score (nSPS) is 11.4. The second kappa shape index (κ2) is 11.7. The van der Waals surface area contributed by atoms with Crippen molar-refractivity contribution in [1.82, 2.24) is 0 Å². The van der Waals surface area contributed by atoms with E-state index in [-0.39, 0.29) is 0 Å². The third-order valence-corrected chi connectivity index (χ3v) is 6.97. The Morgan fingerprint density at radius 3 is 1.37 bits per heavy atom. The van der Waals surface area contributed by atoms with Crippen LogP contribution in [0.3, 0.4) is 0 Å². The summed E-state index contributed by atoms with van der Waals surface area (Å²) in [4.78, 5) is 0. The Balaban J connectivity index is 1.92. The van der Waals surface area contributed by atoms with E-state index in [2.05, 4.69) is 26.0 Å². The quantitative estimate of drug-likeness (QED) is 0.261. The van der Waals surface area contributed by atoms with Crippen molar-refractivity contribution in [3.05, 3.63) is 86.5 Å². The number of unbranched alkanes of at least 4 members (excludes halogenated alkanes) is 2. The van der Waals surface area contributed by atoms with Gasteiger partial charge in [-0.05, 0) is 96.5 Å². The predicted octanol–water partition coefficient (Wildman–Crippen LogP) is 7.98. The molecule has 3 N–H and O–H groups in total. The van der Waals surface area contributed by atoms with E-state index in [4.69, 9.17) is 0 Å². The molecule has 0 aliphatic carbocycles. The van der Waals surface area contributed by atoms with Crippen molar-refractivity contribution in [1.29, 1.82) is 0 Å². The van der Waals surface area contributed by atoms with Crippen molar-refractivity contribution in [3.63, 3.8) is 0 Å². The molecule has 0 aliphatic heterocycles. The number of hydrogen-bond donors (Lipinski definition) is 3. The van der Waals surface area contributed by atoms with Gasteiger partial charge in [-0.25, -0.2) is 0 Å². The van der Waals surface area contributed by atoms with Crippen LogP contribution in [-0.2, 0) is 19.3 Å². The molecule has 0 unspecified atom stereocenters. The van der Waals surface area contributed by atoms with Crippen LogP contribution < -0.4 is 0 Å². The zero-order chi connectivity index (χ0) is 25.7. The summed E-state index contributed by atoms with van der Waals surface area (Å²) in [5.74, 6) is 1.77. The standard InChI is InChI=1S/C32H42O3/c1-20(2)10-8-7-9-11-25-16-28(18-26-12-21(3)30(33)22(4)13-26)32(35)29(17-25)19-27-14-23(5)31(34)24(6)15-27/h12-17,20,33-35H,7-11,18-19H2,1-6H3. The van der Waals surface area contributed by atoms with Gasteiger partial charge in [-0.2, -0.15) is 0 Å². The van der Waals surface area contributed by atoms with Gasteiger partial charge >= 0.3 is 0 Å². The monoisotopic (exact) mass is 474 g/mol. The molecule has 188 valence electrons. The molecule has 3 aromatic carbocycles. The van der Waals surface area contributed by atoms with Crippen molar-refractivity contribution < 1.29 is 15.3 Å². The van der Waals surface area contributed by atoms with Crippen LogP contribution in [0, 0.1) is 33.6 Å². The Kier molecular flexibility index (Phi) is 8.88. The lowest BCUT2D eigenvalue weighted by Gasteiger charge is -2.16. The van der Waals surface area contributed by atoms with Gasteiger partial charge in [0.05, 0.1) is 0 Å². The number of rotatable bonds is 10. The first-order valence-electron chi connectivity index (χ1n) is 13.0. The molecule has 3 nitrogen and oxygen atoms in total. The first-order chi connectivity index (χ1) is 16.5.